The second-order valence-electron chi connectivity index (χ2n) is 3.19. The van der Waals surface area contributed by atoms with Crippen LogP contribution < -0.4 is 16.6 Å². The highest BCUT2D eigenvalue weighted by Crippen LogP contribution is 1.97. The molecule has 0 fully saturated rings. The fraction of sp³-hybridized carbons (Fsp3) is 0.250. The number of rotatable bonds is 3. The highest BCUT2D eigenvalue weighted by Gasteiger charge is 2.02. The second kappa shape index (κ2) is 4.01. The van der Waals surface area contributed by atoms with Crippen LogP contribution in [0.25, 0.3) is 0 Å². The lowest BCUT2D eigenvalue weighted by Crippen LogP contribution is -2.26. The molecule has 2 aromatic heterocycles. The molecular formula is C8H10N6O2. The average Bonchev–Trinajstić information content (AvgIpc) is 2.63. The van der Waals surface area contributed by atoms with Crippen molar-refractivity contribution >= 4 is 5.82 Å². The first-order chi connectivity index (χ1) is 7.65. The molecule has 84 valence electrons. The maximum absolute atomic E-state index is 11.2. The lowest BCUT2D eigenvalue weighted by atomic mass is 10.4. The van der Waals surface area contributed by atoms with Gasteiger partial charge in [-0.1, -0.05) is 0 Å². The van der Waals surface area contributed by atoms with Crippen LogP contribution in [0.2, 0.25) is 0 Å². The van der Waals surface area contributed by atoms with Gasteiger partial charge in [0.15, 0.2) is 0 Å². The van der Waals surface area contributed by atoms with Crippen molar-refractivity contribution in [2.24, 2.45) is 7.05 Å². The van der Waals surface area contributed by atoms with Gasteiger partial charge in [0, 0.05) is 13.2 Å². The van der Waals surface area contributed by atoms with E-state index in [2.05, 4.69) is 25.6 Å². The quantitative estimate of drug-likeness (QED) is 0.604. The van der Waals surface area contributed by atoms with E-state index in [-0.39, 0.29) is 5.82 Å². The zero-order valence-corrected chi connectivity index (χ0v) is 8.52. The van der Waals surface area contributed by atoms with Crippen LogP contribution in [0.1, 0.15) is 5.69 Å². The normalized spacial score (nSPS) is 10.3. The van der Waals surface area contributed by atoms with Crippen LogP contribution in [0.5, 0.6) is 0 Å². The van der Waals surface area contributed by atoms with Crippen LogP contribution in [0, 0.1) is 0 Å². The second-order valence-corrected chi connectivity index (χ2v) is 3.19. The third kappa shape index (κ3) is 2.16. The molecule has 0 radical (unpaired) electrons. The Morgan fingerprint density at radius 3 is 2.94 bits per heavy atom. The fourth-order valence-corrected chi connectivity index (χ4v) is 1.20. The average molecular weight is 222 g/mol. The summed E-state index contributed by atoms with van der Waals surface area (Å²) < 4.78 is 1.65. The maximum Gasteiger partial charge on any atom is 0.342 e. The Balaban J connectivity index is 2.10. The van der Waals surface area contributed by atoms with E-state index in [1.807, 2.05) is 6.07 Å². The van der Waals surface area contributed by atoms with E-state index < -0.39 is 11.2 Å². The Morgan fingerprint density at radius 1 is 1.50 bits per heavy atom. The first-order valence-electron chi connectivity index (χ1n) is 4.56. The van der Waals surface area contributed by atoms with Gasteiger partial charge < -0.3 is 5.32 Å². The molecule has 8 heteroatoms. The van der Waals surface area contributed by atoms with Crippen molar-refractivity contribution in [2.75, 3.05) is 5.32 Å². The van der Waals surface area contributed by atoms with Gasteiger partial charge in [0.1, 0.15) is 0 Å². The summed E-state index contributed by atoms with van der Waals surface area (Å²) in [7, 11) is 1.80. The smallest absolute Gasteiger partial charge is 0.342 e. The summed E-state index contributed by atoms with van der Waals surface area (Å²) >= 11 is 0. The van der Waals surface area contributed by atoms with Crippen LogP contribution in [0.4, 0.5) is 5.82 Å². The maximum atomic E-state index is 11.2. The van der Waals surface area contributed by atoms with Gasteiger partial charge in [-0.25, -0.2) is 9.89 Å². The van der Waals surface area contributed by atoms with Crippen molar-refractivity contribution in [2.45, 2.75) is 6.54 Å². The summed E-state index contributed by atoms with van der Waals surface area (Å²) in [5.74, 6) is 0.0604. The number of H-pyrrole nitrogens is 2. The summed E-state index contributed by atoms with van der Waals surface area (Å²) in [5, 5.41) is 12.6. The van der Waals surface area contributed by atoms with E-state index in [1.54, 1.807) is 17.9 Å². The van der Waals surface area contributed by atoms with Crippen LogP contribution >= 0.6 is 0 Å². The van der Waals surface area contributed by atoms with Gasteiger partial charge in [-0.3, -0.25) is 14.5 Å². The zero-order valence-electron chi connectivity index (χ0n) is 8.52. The first-order valence-corrected chi connectivity index (χ1v) is 4.56. The van der Waals surface area contributed by atoms with E-state index in [9.17, 15) is 9.59 Å². The fourth-order valence-electron chi connectivity index (χ4n) is 1.20. The summed E-state index contributed by atoms with van der Waals surface area (Å²) in [6, 6.07) is 1.81. The minimum atomic E-state index is -0.631. The summed E-state index contributed by atoms with van der Waals surface area (Å²) in [5.41, 5.74) is -0.414. The summed E-state index contributed by atoms with van der Waals surface area (Å²) in [6.45, 7) is 0.364. The molecule has 0 saturated carbocycles. The molecular weight excluding hydrogens is 212 g/mol. The van der Waals surface area contributed by atoms with Crippen molar-refractivity contribution in [1.82, 2.24) is 25.0 Å². The topological polar surface area (TPSA) is 108 Å². The number of nitrogens with zero attached hydrogens (tertiary/aromatic N) is 3. The van der Waals surface area contributed by atoms with Gasteiger partial charge in [0.05, 0.1) is 12.2 Å². The predicted octanol–water partition coefficient (Wildman–Crippen LogP) is -1.20. The highest BCUT2D eigenvalue weighted by atomic mass is 16.2. The van der Waals surface area contributed by atoms with E-state index in [0.29, 0.717) is 6.54 Å². The Hall–Kier alpha value is -2.38. The van der Waals surface area contributed by atoms with Crippen LogP contribution in [-0.2, 0) is 13.6 Å². The van der Waals surface area contributed by atoms with E-state index in [1.165, 1.54) is 0 Å². The van der Waals surface area contributed by atoms with E-state index >= 15 is 0 Å². The van der Waals surface area contributed by atoms with Crippen LogP contribution in [0.15, 0.2) is 21.9 Å². The van der Waals surface area contributed by atoms with E-state index in [0.717, 1.165) is 5.69 Å². The SMILES string of the molecule is Cn1ccc(CNc2n[nH]c(=O)[nH]c2=O)n1. The molecule has 0 aliphatic carbocycles. The lowest BCUT2D eigenvalue weighted by molar-refractivity contribution is 0.746. The Bertz CT molecular complexity index is 595. The first kappa shape index (κ1) is 10.1. The molecule has 0 atom stereocenters. The number of aromatic amines is 2. The molecule has 0 aromatic carbocycles. The van der Waals surface area contributed by atoms with Gasteiger partial charge in [-0.15, -0.1) is 5.10 Å². The molecule has 0 saturated heterocycles. The summed E-state index contributed by atoms with van der Waals surface area (Å²) in [6.07, 6.45) is 1.79. The number of anilines is 1. The third-order valence-electron chi connectivity index (χ3n) is 1.92. The summed E-state index contributed by atoms with van der Waals surface area (Å²) in [4.78, 5) is 24.0. The number of aromatic nitrogens is 5. The van der Waals surface area contributed by atoms with Crippen molar-refractivity contribution in [3.05, 3.63) is 38.8 Å². The van der Waals surface area contributed by atoms with Gasteiger partial charge in [-0.05, 0) is 6.07 Å². The molecule has 0 bridgehead atoms. The molecule has 16 heavy (non-hydrogen) atoms. The van der Waals surface area contributed by atoms with Gasteiger partial charge >= 0.3 is 5.69 Å². The number of hydrogen-bond donors (Lipinski definition) is 3. The monoisotopic (exact) mass is 222 g/mol. The largest absolute Gasteiger partial charge is 0.358 e. The number of hydrogen-bond acceptors (Lipinski definition) is 5. The Kier molecular flexibility index (Phi) is 2.54. The van der Waals surface area contributed by atoms with Gasteiger partial charge in [0.25, 0.3) is 5.56 Å². The molecule has 2 aromatic rings. The van der Waals surface area contributed by atoms with Crippen molar-refractivity contribution in [3.8, 4) is 0 Å². The molecule has 0 aliphatic rings. The van der Waals surface area contributed by atoms with Crippen LogP contribution in [0.3, 0.4) is 0 Å². The lowest BCUT2D eigenvalue weighted by Gasteiger charge is -2.00. The predicted molar refractivity (Wildman–Crippen MR) is 56.0 cm³/mol. The Morgan fingerprint density at radius 2 is 2.31 bits per heavy atom. The molecule has 3 N–H and O–H groups in total. The molecule has 0 spiro atoms. The van der Waals surface area contributed by atoms with Crippen LogP contribution in [-0.4, -0.2) is 25.0 Å². The van der Waals surface area contributed by atoms with Crippen molar-refractivity contribution in [3.63, 3.8) is 0 Å². The molecule has 2 rings (SSSR count). The third-order valence-corrected chi connectivity index (χ3v) is 1.92. The molecule has 0 amide bonds. The molecule has 2 heterocycles. The minimum absolute atomic E-state index is 0.0604. The molecule has 0 unspecified atom stereocenters. The molecule has 8 nitrogen and oxygen atoms in total. The van der Waals surface area contributed by atoms with E-state index in [4.69, 9.17) is 0 Å². The Labute approximate surface area is 89.3 Å². The minimum Gasteiger partial charge on any atom is -0.358 e. The van der Waals surface area contributed by atoms with Gasteiger partial charge in [0.2, 0.25) is 5.82 Å². The van der Waals surface area contributed by atoms with Crippen molar-refractivity contribution < 1.29 is 0 Å². The van der Waals surface area contributed by atoms with Crippen molar-refractivity contribution in [1.29, 1.82) is 0 Å². The zero-order chi connectivity index (χ0) is 11.5. The highest BCUT2D eigenvalue weighted by molar-refractivity contribution is 5.29. The van der Waals surface area contributed by atoms with Gasteiger partial charge in [-0.2, -0.15) is 5.10 Å². The standard InChI is InChI=1S/C8H10N6O2/c1-14-3-2-5(13-14)4-9-6-7(15)10-8(16)12-11-6/h2-3H,4H2,1H3,(H,9,11)(H2,10,12,15,16). The number of nitrogens with one attached hydrogen (secondary N) is 3. The molecule has 0 aliphatic heterocycles. The number of aryl methyl sites for hydroxylation is 1.